The van der Waals surface area contributed by atoms with E-state index in [4.69, 9.17) is 9.97 Å². The standard InChI is InChI=1S/C21H14N2S/c1-13-22-20(14-7-3-2-4-8-14)16-11-12-18-19(21(16)23-13)15-9-5-6-10-17(15)24-18/h2-12H,1H3. The lowest BCUT2D eigenvalue weighted by atomic mass is 10.0. The van der Waals surface area contributed by atoms with Crippen molar-refractivity contribution in [3.8, 4) is 11.3 Å². The van der Waals surface area contributed by atoms with Gasteiger partial charge in [0.25, 0.3) is 0 Å². The van der Waals surface area contributed by atoms with Crippen LogP contribution < -0.4 is 0 Å². The van der Waals surface area contributed by atoms with Crippen LogP contribution in [-0.2, 0) is 0 Å². The van der Waals surface area contributed by atoms with Crippen LogP contribution in [0.15, 0.2) is 66.7 Å². The molecule has 3 aromatic carbocycles. The topological polar surface area (TPSA) is 25.8 Å². The van der Waals surface area contributed by atoms with Gasteiger partial charge in [0.05, 0.1) is 11.2 Å². The second kappa shape index (κ2) is 5.11. The Bertz CT molecular complexity index is 1210. The van der Waals surface area contributed by atoms with Crippen LogP contribution in [0.25, 0.3) is 42.3 Å². The molecule has 0 fully saturated rings. The molecule has 5 aromatic rings. The van der Waals surface area contributed by atoms with Crippen LogP contribution in [0.3, 0.4) is 0 Å². The summed E-state index contributed by atoms with van der Waals surface area (Å²) in [5.74, 6) is 0.809. The first-order valence-corrected chi connectivity index (χ1v) is 8.77. The van der Waals surface area contributed by atoms with E-state index in [0.29, 0.717) is 0 Å². The third kappa shape index (κ3) is 1.95. The van der Waals surface area contributed by atoms with Crippen LogP contribution in [0.4, 0.5) is 0 Å². The Morgan fingerprint density at radius 3 is 2.38 bits per heavy atom. The monoisotopic (exact) mass is 326 g/mol. The molecule has 0 aliphatic carbocycles. The van der Waals surface area contributed by atoms with Crippen molar-refractivity contribution in [3.63, 3.8) is 0 Å². The van der Waals surface area contributed by atoms with Crippen molar-refractivity contribution in [2.24, 2.45) is 0 Å². The van der Waals surface area contributed by atoms with Crippen molar-refractivity contribution in [3.05, 3.63) is 72.6 Å². The molecule has 5 rings (SSSR count). The van der Waals surface area contributed by atoms with Gasteiger partial charge in [0.1, 0.15) is 5.82 Å². The molecular formula is C21H14N2S. The second-order valence-corrected chi connectivity index (χ2v) is 7.00. The van der Waals surface area contributed by atoms with Crippen molar-refractivity contribution in [1.29, 1.82) is 0 Å². The lowest BCUT2D eigenvalue weighted by Gasteiger charge is -2.08. The average Bonchev–Trinajstić information content (AvgIpc) is 3.01. The number of rotatable bonds is 1. The Balaban J connectivity index is 1.99. The van der Waals surface area contributed by atoms with Gasteiger partial charge in [-0.1, -0.05) is 48.5 Å². The fourth-order valence-electron chi connectivity index (χ4n) is 3.33. The molecule has 0 radical (unpaired) electrons. The fourth-order valence-corrected chi connectivity index (χ4v) is 4.44. The van der Waals surface area contributed by atoms with E-state index >= 15 is 0 Å². The van der Waals surface area contributed by atoms with Gasteiger partial charge in [0, 0.05) is 31.1 Å². The normalized spacial score (nSPS) is 11.5. The summed E-state index contributed by atoms with van der Waals surface area (Å²) < 4.78 is 2.58. The number of benzene rings is 3. The second-order valence-electron chi connectivity index (χ2n) is 5.92. The first-order chi connectivity index (χ1) is 11.8. The highest BCUT2D eigenvalue weighted by Gasteiger charge is 2.14. The fraction of sp³-hybridized carbons (Fsp3) is 0.0476. The maximum Gasteiger partial charge on any atom is 0.126 e. The van der Waals surface area contributed by atoms with Gasteiger partial charge in [-0.3, -0.25) is 0 Å². The molecule has 2 heterocycles. The van der Waals surface area contributed by atoms with Gasteiger partial charge in [0.15, 0.2) is 0 Å². The van der Waals surface area contributed by atoms with Crippen LogP contribution >= 0.6 is 11.3 Å². The molecule has 24 heavy (non-hydrogen) atoms. The molecule has 0 saturated heterocycles. The van der Waals surface area contributed by atoms with Gasteiger partial charge in [-0.05, 0) is 25.1 Å². The highest BCUT2D eigenvalue weighted by atomic mass is 32.1. The summed E-state index contributed by atoms with van der Waals surface area (Å²) in [6.07, 6.45) is 0. The zero-order valence-electron chi connectivity index (χ0n) is 13.2. The van der Waals surface area contributed by atoms with E-state index in [9.17, 15) is 0 Å². The number of hydrogen-bond donors (Lipinski definition) is 0. The minimum absolute atomic E-state index is 0.809. The molecule has 2 nitrogen and oxygen atoms in total. The summed E-state index contributed by atoms with van der Waals surface area (Å²) >= 11 is 1.82. The Hall–Kier alpha value is -2.78. The lowest BCUT2D eigenvalue weighted by molar-refractivity contribution is 1.10. The number of aromatic nitrogens is 2. The Labute approximate surface area is 143 Å². The van der Waals surface area contributed by atoms with Crippen LogP contribution in [0.2, 0.25) is 0 Å². The van der Waals surface area contributed by atoms with Gasteiger partial charge in [0.2, 0.25) is 0 Å². The van der Waals surface area contributed by atoms with E-state index in [0.717, 1.165) is 28.0 Å². The molecule has 0 saturated carbocycles. The molecule has 0 amide bonds. The van der Waals surface area contributed by atoms with E-state index in [1.165, 1.54) is 20.2 Å². The van der Waals surface area contributed by atoms with Gasteiger partial charge in [-0.25, -0.2) is 9.97 Å². The Kier molecular flexibility index (Phi) is 2.91. The average molecular weight is 326 g/mol. The van der Waals surface area contributed by atoms with Crippen LogP contribution in [0.1, 0.15) is 5.82 Å². The maximum absolute atomic E-state index is 4.81. The molecule has 0 aliphatic rings. The first kappa shape index (κ1) is 13.6. The highest BCUT2D eigenvalue weighted by molar-refractivity contribution is 7.26. The van der Waals surface area contributed by atoms with Crippen molar-refractivity contribution >= 4 is 42.4 Å². The summed E-state index contributed by atoms with van der Waals surface area (Å²) in [7, 11) is 0. The van der Waals surface area contributed by atoms with Gasteiger partial charge in [-0.15, -0.1) is 11.3 Å². The molecular weight excluding hydrogens is 312 g/mol. The molecule has 0 N–H and O–H groups in total. The number of hydrogen-bond acceptors (Lipinski definition) is 3. The Morgan fingerprint density at radius 1 is 0.708 bits per heavy atom. The summed E-state index contributed by atoms with van der Waals surface area (Å²) in [5.41, 5.74) is 3.19. The van der Waals surface area contributed by atoms with Crippen molar-refractivity contribution in [1.82, 2.24) is 9.97 Å². The first-order valence-electron chi connectivity index (χ1n) is 7.95. The minimum atomic E-state index is 0.809. The van der Waals surface area contributed by atoms with E-state index in [1.54, 1.807) is 0 Å². The minimum Gasteiger partial charge on any atom is -0.233 e. The largest absolute Gasteiger partial charge is 0.233 e. The molecule has 0 aliphatic heterocycles. The van der Waals surface area contributed by atoms with E-state index < -0.39 is 0 Å². The summed E-state index contributed by atoms with van der Waals surface area (Å²) in [6, 6.07) is 23.3. The van der Waals surface area contributed by atoms with Crippen LogP contribution in [0.5, 0.6) is 0 Å². The van der Waals surface area contributed by atoms with Crippen molar-refractivity contribution in [2.45, 2.75) is 6.92 Å². The number of fused-ring (bicyclic) bond motifs is 5. The van der Waals surface area contributed by atoms with Gasteiger partial charge >= 0.3 is 0 Å². The van der Waals surface area contributed by atoms with E-state index in [2.05, 4.69) is 60.7 Å². The van der Waals surface area contributed by atoms with Crippen LogP contribution in [-0.4, -0.2) is 9.97 Å². The van der Waals surface area contributed by atoms with Gasteiger partial charge < -0.3 is 0 Å². The smallest absolute Gasteiger partial charge is 0.126 e. The Morgan fingerprint density at radius 2 is 1.50 bits per heavy atom. The molecule has 0 atom stereocenters. The molecule has 114 valence electrons. The SMILES string of the molecule is Cc1nc(-c2ccccc2)c2ccc3sc4ccccc4c3c2n1. The third-order valence-electron chi connectivity index (χ3n) is 4.37. The third-order valence-corrected chi connectivity index (χ3v) is 5.50. The van der Waals surface area contributed by atoms with Crippen molar-refractivity contribution < 1.29 is 0 Å². The molecule has 3 heteroatoms. The van der Waals surface area contributed by atoms with Crippen molar-refractivity contribution in [2.75, 3.05) is 0 Å². The number of aryl methyl sites for hydroxylation is 1. The highest BCUT2D eigenvalue weighted by Crippen LogP contribution is 2.39. The lowest BCUT2D eigenvalue weighted by Crippen LogP contribution is -1.94. The van der Waals surface area contributed by atoms with Crippen LogP contribution in [0, 0.1) is 6.92 Å². The number of thiophene rings is 1. The predicted octanol–water partition coefficient (Wildman–Crippen LogP) is 5.97. The molecule has 0 spiro atoms. The zero-order valence-corrected chi connectivity index (χ0v) is 14.0. The quantitative estimate of drug-likeness (QED) is 0.379. The summed E-state index contributed by atoms with van der Waals surface area (Å²) in [4.78, 5) is 9.54. The predicted molar refractivity (Wildman–Crippen MR) is 103 cm³/mol. The molecule has 0 bridgehead atoms. The molecule has 2 aromatic heterocycles. The van der Waals surface area contributed by atoms with E-state index in [1.807, 2.05) is 24.3 Å². The van der Waals surface area contributed by atoms with E-state index in [-0.39, 0.29) is 0 Å². The maximum atomic E-state index is 4.81. The summed E-state index contributed by atoms with van der Waals surface area (Å²) in [5, 5.41) is 3.64. The zero-order chi connectivity index (χ0) is 16.1. The molecule has 0 unspecified atom stereocenters. The summed E-state index contributed by atoms with van der Waals surface area (Å²) in [6.45, 7) is 1.97. The van der Waals surface area contributed by atoms with Gasteiger partial charge in [-0.2, -0.15) is 0 Å². The number of nitrogens with zero attached hydrogens (tertiary/aromatic N) is 2.